The lowest BCUT2D eigenvalue weighted by molar-refractivity contribution is -0.121. The Morgan fingerprint density at radius 1 is 0.935 bits per heavy atom. The number of anilines is 2. The number of piperazine rings is 1. The molecule has 1 fully saturated rings. The fraction of sp³-hybridized carbons (Fsp3) is 0.360. The van der Waals surface area contributed by atoms with E-state index in [0.717, 1.165) is 48.7 Å². The van der Waals surface area contributed by atoms with Crippen molar-refractivity contribution in [3.63, 3.8) is 0 Å². The van der Waals surface area contributed by atoms with Crippen molar-refractivity contribution in [2.75, 3.05) is 56.0 Å². The smallest absolute Gasteiger partial charge is 0.241 e. The molecule has 1 saturated heterocycles. The molecular formula is C25H32N4O2. The molecule has 0 aromatic heterocycles. The Morgan fingerprint density at radius 3 is 2.10 bits per heavy atom. The van der Waals surface area contributed by atoms with Gasteiger partial charge >= 0.3 is 0 Å². The van der Waals surface area contributed by atoms with E-state index in [9.17, 15) is 9.59 Å². The molecule has 164 valence electrons. The summed E-state index contributed by atoms with van der Waals surface area (Å²) in [7, 11) is 0. The van der Waals surface area contributed by atoms with Gasteiger partial charge in [0.05, 0.1) is 13.1 Å². The number of hydrogen-bond donors (Lipinski definition) is 1. The van der Waals surface area contributed by atoms with Crippen LogP contribution in [0, 0.1) is 13.8 Å². The molecule has 0 unspecified atom stereocenters. The highest BCUT2D eigenvalue weighted by Gasteiger charge is 2.23. The Balaban J connectivity index is 1.48. The van der Waals surface area contributed by atoms with Crippen molar-refractivity contribution in [1.29, 1.82) is 0 Å². The molecule has 2 amide bonds. The zero-order chi connectivity index (χ0) is 22.2. The second kappa shape index (κ2) is 10.9. The van der Waals surface area contributed by atoms with Gasteiger partial charge in [0.25, 0.3) is 0 Å². The molecule has 0 atom stereocenters. The van der Waals surface area contributed by atoms with Crippen LogP contribution in [0.1, 0.15) is 11.1 Å². The van der Waals surface area contributed by atoms with Crippen LogP contribution in [0.5, 0.6) is 0 Å². The van der Waals surface area contributed by atoms with E-state index in [-0.39, 0.29) is 11.8 Å². The van der Waals surface area contributed by atoms with Crippen molar-refractivity contribution in [2.45, 2.75) is 13.8 Å². The van der Waals surface area contributed by atoms with Crippen LogP contribution < -0.4 is 10.2 Å². The van der Waals surface area contributed by atoms with Gasteiger partial charge in [-0.05, 0) is 37.1 Å². The van der Waals surface area contributed by atoms with Crippen LogP contribution in [-0.2, 0) is 9.59 Å². The van der Waals surface area contributed by atoms with Gasteiger partial charge in [-0.3, -0.25) is 19.4 Å². The summed E-state index contributed by atoms with van der Waals surface area (Å²) in [5.74, 6) is 0.0653. The van der Waals surface area contributed by atoms with Gasteiger partial charge in [0.15, 0.2) is 0 Å². The first kappa shape index (κ1) is 22.7. The zero-order valence-corrected chi connectivity index (χ0v) is 18.5. The van der Waals surface area contributed by atoms with Crippen LogP contribution in [0.15, 0.2) is 61.2 Å². The van der Waals surface area contributed by atoms with Crippen molar-refractivity contribution in [3.8, 4) is 0 Å². The lowest BCUT2D eigenvalue weighted by atomic mass is 10.1. The average Bonchev–Trinajstić information content (AvgIpc) is 2.76. The van der Waals surface area contributed by atoms with Crippen molar-refractivity contribution < 1.29 is 9.59 Å². The maximum atomic E-state index is 12.9. The Morgan fingerprint density at radius 2 is 1.52 bits per heavy atom. The Bertz CT molecular complexity index is 885. The lowest BCUT2D eigenvalue weighted by Gasteiger charge is -2.35. The number of para-hydroxylation sites is 2. The maximum Gasteiger partial charge on any atom is 0.241 e. The summed E-state index contributed by atoms with van der Waals surface area (Å²) in [6, 6.07) is 15.7. The molecule has 1 heterocycles. The van der Waals surface area contributed by atoms with E-state index in [1.165, 1.54) is 0 Å². The number of nitrogens with one attached hydrogen (secondary N) is 1. The van der Waals surface area contributed by atoms with Gasteiger partial charge in [-0.1, -0.05) is 42.5 Å². The first-order valence-corrected chi connectivity index (χ1v) is 10.7. The molecule has 1 N–H and O–H groups in total. The minimum absolute atomic E-state index is 0.00293. The summed E-state index contributed by atoms with van der Waals surface area (Å²) < 4.78 is 0. The molecule has 0 aliphatic carbocycles. The van der Waals surface area contributed by atoms with Gasteiger partial charge in [0.2, 0.25) is 11.8 Å². The second-order valence-electron chi connectivity index (χ2n) is 8.00. The molecule has 1 aliphatic rings. The third-order valence-corrected chi connectivity index (χ3v) is 5.62. The highest BCUT2D eigenvalue weighted by atomic mass is 16.2. The van der Waals surface area contributed by atoms with Gasteiger partial charge in [-0.15, -0.1) is 6.58 Å². The molecule has 0 saturated carbocycles. The zero-order valence-electron chi connectivity index (χ0n) is 18.5. The Labute approximate surface area is 185 Å². The van der Waals surface area contributed by atoms with Gasteiger partial charge in [-0.25, -0.2) is 0 Å². The Kier molecular flexibility index (Phi) is 7.98. The summed E-state index contributed by atoms with van der Waals surface area (Å²) in [6.07, 6.45) is 1.75. The number of hydrogen-bond acceptors (Lipinski definition) is 4. The third-order valence-electron chi connectivity index (χ3n) is 5.62. The average molecular weight is 421 g/mol. The quantitative estimate of drug-likeness (QED) is 0.667. The van der Waals surface area contributed by atoms with Crippen LogP contribution in [0.2, 0.25) is 0 Å². The van der Waals surface area contributed by atoms with Crippen molar-refractivity contribution in [2.24, 2.45) is 0 Å². The van der Waals surface area contributed by atoms with E-state index in [2.05, 4.69) is 21.7 Å². The van der Waals surface area contributed by atoms with Crippen molar-refractivity contribution in [3.05, 3.63) is 72.3 Å². The first-order chi connectivity index (χ1) is 15.0. The van der Waals surface area contributed by atoms with E-state index in [0.29, 0.717) is 19.6 Å². The topological polar surface area (TPSA) is 55.9 Å². The minimum Gasteiger partial charge on any atom is -0.324 e. The molecule has 0 radical (unpaired) electrons. The fourth-order valence-corrected chi connectivity index (χ4v) is 3.86. The van der Waals surface area contributed by atoms with Crippen molar-refractivity contribution >= 4 is 23.2 Å². The van der Waals surface area contributed by atoms with Crippen LogP contribution in [0.4, 0.5) is 11.4 Å². The van der Waals surface area contributed by atoms with Crippen LogP contribution >= 0.6 is 0 Å². The molecule has 2 aromatic rings. The maximum absolute atomic E-state index is 12.9. The summed E-state index contributed by atoms with van der Waals surface area (Å²) in [5.41, 5.74) is 3.92. The summed E-state index contributed by atoms with van der Waals surface area (Å²) in [4.78, 5) is 31.5. The minimum atomic E-state index is 0.00293. The standard InChI is InChI=1S/C25H32N4O2/c1-4-13-29(22-11-6-5-7-12-22)24(31)19-28-16-14-27(15-17-28)18-23(30)26-25-20(2)9-8-10-21(25)3/h4-12H,1,13-19H2,2-3H3,(H,26,30). The van der Waals surface area contributed by atoms with E-state index in [1.807, 2.05) is 62.4 Å². The summed E-state index contributed by atoms with van der Waals surface area (Å²) in [5, 5.41) is 3.05. The number of rotatable bonds is 8. The van der Waals surface area contributed by atoms with Gasteiger partial charge in [0.1, 0.15) is 0 Å². The molecule has 0 spiro atoms. The SMILES string of the molecule is C=CCN(C(=O)CN1CCN(CC(=O)Nc2c(C)cccc2C)CC1)c1ccccc1. The fourth-order valence-electron chi connectivity index (χ4n) is 3.86. The molecule has 1 aliphatic heterocycles. The van der Waals surface area contributed by atoms with Crippen LogP contribution in [0.3, 0.4) is 0 Å². The monoisotopic (exact) mass is 420 g/mol. The molecule has 0 bridgehead atoms. The predicted octanol–water partition coefficient (Wildman–Crippen LogP) is 3.08. The largest absolute Gasteiger partial charge is 0.324 e. The lowest BCUT2D eigenvalue weighted by Crippen LogP contribution is -2.51. The second-order valence-corrected chi connectivity index (χ2v) is 8.00. The van der Waals surface area contributed by atoms with E-state index in [4.69, 9.17) is 0 Å². The van der Waals surface area contributed by atoms with Crippen LogP contribution in [-0.4, -0.2) is 67.4 Å². The highest BCUT2D eigenvalue weighted by molar-refractivity contribution is 5.95. The number of carbonyl (C=O) groups is 2. The van der Waals surface area contributed by atoms with Gasteiger partial charge in [0, 0.05) is 44.1 Å². The summed E-state index contributed by atoms with van der Waals surface area (Å²) >= 11 is 0. The molecule has 31 heavy (non-hydrogen) atoms. The molecular weight excluding hydrogens is 388 g/mol. The third kappa shape index (κ3) is 6.26. The van der Waals surface area contributed by atoms with Crippen molar-refractivity contribution in [1.82, 2.24) is 9.80 Å². The van der Waals surface area contributed by atoms with Gasteiger partial charge in [-0.2, -0.15) is 0 Å². The van der Waals surface area contributed by atoms with E-state index in [1.54, 1.807) is 11.0 Å². The Hall–Kier alpha value is -2.96. The van der Waals surface area contributed by atoms with E-state index >= 15 is 0 Å². The normalized spacial score (nSPS) is 14.8. The number of amides is 2. The number of carbonyl (C=O) groups excluding carboxylic acids is 2. The molecule has 6 nitrogen and oxygen atoms in total. The highest BCUT2D eigenvalue weighted by Crippen LogP contribution is 2.19. The number of aryl methyl sites for hydroxylation is 2. The molecule has 6 heteroatoms. The number of nitrogens with zero attached hydrogens (tertiary/aromatic N) is 3. The molecule has 2 aromatic carbocycles. The summed E-state index contributed by atoms with van der Waals surface area (Å²) in [6.45, 7) is 12.1. The number of benzene rings is 2. The van der Waals surface area contributed by atoms with E-state index < -0.39 is 0 Å². The molecule has 3 rings (SSSR count). The van der Waals surface area contributed by atoms with Crippen LogP contribution in [0.25, 0.3) is 0 Å². The first-order valence-electron chi connectivity index (χ1n) is 10.7. The predicted molar refractivity (Wildman–Crippen MR) is 126 cm³/mol. The van der Waals surface area contributed by atoms with Gasteiger partial charge < -0.3 is 10.2 Å².